The Hall–Kier alpha value is -0.490. The smallest absolute Gasteiger partial charge is 0.0408 e. The first-order valence-electron chi connectivity index (χ1n) is 5.09. The maximum absolute atomic E-state index is 5.97. The quantitative estimate of drug-likeness (QED) is 0.630. The molecule has 0 N–H and O–H groups in total. The predicted molar refractivity (Wildman–Crippen MR) is 57.4 cm³/mol. The van der Waals surface area contributed by atoms with Gasteiger partial charge in [0.2, 0.25) is 0 Å². The van der Waals surface area contributed by atoms with E-state index in [0.29, 0.717) is 0 Å². The van der Waals surface area contributed by atoms with Gasteiger partial charge < -0.3 is 0 Å². The zero-order valence-electron chi connectivity index (χ0n) is 8.02. The molecular weight excluding hydrogens is 180 g/mol. The van der Waals surface area contributed by atoms with Gasteiger partial charge in [-0.25, -0.2) is 0 Å². The van der Waals surface area contributed by atoms with Crippen molar-refractivity contribution < 1.29 is 0 Å². The lowest BCUT2D eigenvalue weighted by Crippen LogP contribution is -2.08. The summed E-state index contributed by atoms with van der Waals surface area (Å²) in [4.78, 5) is 0. The summed E-state index contributed by atoms with van der Waals surface area (Å²) in [5.74, 6) is 0.779. The van der Waals surface area contributed by atoms with Crippen molar-refractivity contribution in [3.63, 3.8) is 0 Å². The summed E-state index contributed by atoms with van der Waals surface area (Å²) in [6.45, 7) is 2.27. The van der Waals surface area contributed by atoms with E-state index in [1.54, 1.807) is 0 Å². The average molecular weight is 195 g/mol. The molecule has 0 amide bonds. The fourth-order valence-corrected chi connectivity index (χ4v) is 2.50. The molecule has 0 nitrogen and oxygen atoms in total. The molecule has 0 saturated carbocycles. The van der Waals surface area contributed by atoms with Crippen molar-refractivity contribution in [1.29, 1.82) is 0 Å². The van der Waals surface area contributed by atoms with Crippen molar-refractivity contribution in [3.05, 3.63) is 34.3 Å². The molecule has 2 rings (SSSR count). The summed E-state index contributed by atoms with van der Waals surface area (Å²) in [5, 5.41) is 0.885. The van der Waals surface area contributed by atoms with Crippen LogP contribution in [0.4, 0.5) is 0 Å². The standard InChI is InChI=1S/C12H15Cl/c1-2-9-4-3-5-10-8-11(13)6-7-12(9)10/h6-9H,2-5H2,1H3. The molecule has 0 spiro atoms. The van der Waals surface area contributed by atoms with Crippen LogP contribution in [0.3, 0.4) is 0 Å². The first-order valence-corrected chi connectivity index (χ1v) is 5.47. The van der Waals surface area contributed by atoms with Crippen molar-refractivity contribution in [3.8, 4) is 0 Å². The van der Waals surface area contributed by atoms with E-state index < -0.39 is 0 Å². The number of hydrogen-bond acceptors (Lipinski definition) is 0. The molecule has 0 radical (unpaired) electrons. The third kappa shape index (κ3) is 1.73. The molecule has 0 aliphatic heterocycles. The van der Waals surface area contributed by atoms with Crippen molar-refractivity contribution in [2.75, 3.05) is 0 Å². The van der Waals surface area contributed by atoms with E-state index in [1.165, 1.54) is 36.8 Å². The van der Waals surface area contributed by atoms with Gasteiger partial charge in [-0.05, 0) is 54.9 Å². The summed E-state index contributed by atoms with van der Waals surface area (Å²) >= 11 is 5.97. The number of benzene rings is 1. The highest BCUT2D eigenvalue weighted by molar-refractivity contribution is 6.30. The van der Waals surface area contributed by atoms with Gasteiger partial charge in [0.15, 0.2) is 0 Å². The Labute approximate surface area is 84.9 Å². The molecule has 0 aromatic heterocycles. The second kappa shape index (κ2) is 3.71. The molecule has 1 aromatic carbocycles. The third-order valence-corrected chi connectivity index (χ3v) is 3.27. The molecule has 0 fully saturated rings. The lowest BCUT2D eigenvalue weighted by Gasteiger charge is -2.24. The van der Waals surface area contributed by atoms with Crippen LogP contribution >= 0.6 is 11.6 Å². The van der Waals surface area contributed by atoms with E-state index in [9.17, 15) is 0 Å². The molecule has 70 valence electrons. The van der Waals surface area contributed by atoms with Crippen molar-refractivity contribution in [1.82, 2.24) is 0 Å². The lowest BCUT2D eigenvalue weighted by molar-refractivity contribution is 0.540. The fraction of sp³-hybridized carbons (Fsp3) is 0.500. The minimum atomic E-state index is 0.779. The second-order valence-electron chi connectivity index (χ2n) is 3.84. The van der Waals surface area contributed by atoms with E-state index in [-0.39, 0.29) is 0 Å². The summed E-state index contributed by atoms with van der Waals surface area (Å²) < 4.78 is 0. The van der Waals surface area contributed by atoms with Crippen LogP contribution in [0.15, 0.2) is 18.2 Å². The van der Waals surface area contributed by atoms with Crippen LogP contribution in [-0.4, -0.2) is 0 Å². The molecule has 1 aliphatic carbocycles. The topological polar surface area (TPSA) is 0 Å². The first kappa shape index (κ1) is 9.08. The SMILES string of the molecule is CCC1CCCc2cc(Cl)ccc21. The minimum Gasteiger partial charge on any atom is -0.0843 e. The summed E-state index contributed by atoms with van der Waals surface area (Å²) in [5.41, 5.74) is 3.02. The molecule has 1 atom stereocenters. The summed E-state index contributed by atoms with van der Waals surface area (Å²) in [6, 6.07) is 6.37. The number of rotatable bonds is 1. The zero-order chi connectivity index (χ0) is 9.26. The summed E-state index contributed by atoms with van der Waals surface area (Å²) in [6.07, 6.45) is 5.15. The molecule has 0 bridgehead atoms. The molecular formula is C12H15Cl. The molecule has 13 heavy (non-hydrogen) atoms. The fourth-order valence-electron chi connectivity index (χ4n) is 2.31. The van der Waals surface area contributed by atoms with Crippen LogP contribution in [0.1, 0.15) is 43.2 Å². The Morgan fingerprint density at radius 2 is 2.31 bits per heavy atom. The predicted octanol–water partition coefficient (Wildman–Crippen LogP) is 4.17. The van der Waals surface area contributed by atoms with E-state index in [4.69, 9.17) is 11.6 Å². The molecule has 1 unspecified atom stereocenters. The Balaban J connectivity index is 2.40. The molecule has 1 aromatic rings. The highest BCUT2D eigenvalue weighted by atomic mass is 35.5. The largest absolute Gasteiger partial charge is 0.0843 e. The summed E-state index contributed by atoms with van der Waals surface area (Å²) in [7, 11) is 0. The Morgan fingerprint density at radius 3 is 3.08 bits per heavy atom. The first-order chi connectivity index (χ1) is 6.31. The molecule has 1 heteroatoms. The highest BCUT2D eigenvalue weighted by Crippen LogP contribution is 2.34. The zero-order valence-corrected chi connectivity index (χ0v) is 8.77. The van der Waals surface area contributed by atoms with Gasteiger partial charge >= 0.3 is 0 Å². The van der Waals surface area contributed by atoms with Crippen LogP contribution in [0.25, 0.3) is 0 Å². The van der Waals surface area contributed by atoms with E-state index >= 15 is 0 Å². The van der Waals surface area contributed by atoms with Crippen LogP contribution in [0.5, 0.6) is 0 Å². The highest BCUT2D eigenvalue weighted by Gasteiger charge is 2.18. The number of hydrogen-bond donors (Lipinski definition) is 0. The van der Waals surface area contributed by atoms with E-state index in [1.807, 2.05) is 6.07 Å². The molecule has 1 aliphatic rings. The van der Waals surface area contributed by atoms with Crippen LogP contribution < -0.4 is 0 Å². The number of halogens is 1. The minimum absolute atomic E-state index is 0.779. The van der Waals surface area contributed by atoms with Crippen LogP contribution in [0, 0.1) is 0 Å². The van der Waals surface area contributed by atoms with Gasteiger partial charge in [0.1, 0.15) is 0 Å². The van der Waals surface area contributed by atoms with Crippen LogP contribution in [-0.2, 0) is 6.42 Å². The molecule has 0 heterocycles. The maximum Gasteiger partial charge on any atom is 0.0408 e. The van der Waals surface area contributed by atoms with Gasteiger partial charge in [-0.2, -0.15) is 0 Å². The van der Waals surface area contributed by atoms with Crippen molar-refractivity contribution in [2.24, 2.45) is 0 Å². The lowest BCUT2D eigenvalue weighted by atomic mass is 9.81. The normalized spacial score (nSPS) is 21.2. The molecule has 0 saturated heterocycles. The number of aryl methyl sites for hydroxylation is 1. The van der Waals surface area contributed by atoms with Gasteiger partial charge in [-0.15, -0.1) is 0 Å². The van der Waals surface area contributed by atoms with Gasteiger partial charge in [0.05, 0.1) is 0 Å². The monoisotopic (exact) mass is 194 g/mol. The van der Waals surface area contributed by atoms with Crippen molar-refractivity contribution >= 4 is 11.6 Å². The van der Waals surface area contributed by atoms with E-state index in [0.717, 1.165) is 10.9 Å². The van der Waals surface area contributed by atoms with Gasteiger partial charge in [0.25, 0.3) is 0 Å². The Morgan fingerprint density at radius 1 is 1.46 bits per heavy atom. The van der Waals surface area contributed by atoms with E-state index in [2.05, 4.69) is 19.1 Å². The van der Waals surface area contributed by atoms with Gasteiger partial charge in [0, 0.05) is 5.02 Å². The Bertz CT molecular complexity index is 304. The average Bonchev–Trinajstić information content (AvgIpc) is 2.16. The van der Waals surface area contributed by atoms with Gasteiger partial charge in [-0.1, -0.05) is 24.6 Å². The van der Waals surface area contributed by atoms with Gasteiger partial charge in [-0.3, -0.25) is 0 Å². The van der Waals surface area contributed by atoms with Crippen LogP contribution in [0.2, 0.25) is 5.02 Å². The third-order valence-electron chi connectivity index (χ3n) is 3.04. The maximum atomic E-state index is 5.97. The second-order valence-corrected chi connectivity index (χ2v) is 4.28. The number of fused-ring (bicyclic) bond motifs is 1. The van der Waals surface area contributed by atoms with Crippen molar-refractivity contribution in [2.45, 2.75) is 38.5 Å². The Kier molecular flexibility index (Phi) is 2.59.